The molecule has 0 aromatic carbocycles. The number of epoxide rings is 1. The lowest BCUT2D eigenvalue weighted by Gasteiger charge is -2.28. The Hall–Kier alpha value is -2.00. The van der Waals surface area contributed by atoms with Gasteiger partial charge in [-0.05, 0) is 38.5 Å². The molecule has 2 saturated heterocycles. The van der Waals surface area contributed by atoms with Gasteiger partial charge < -0.3 is 25.6 Å². The van der Waals surface area contributed by atoms with Crippen LogP contribution in [0.4, 0.5) is 0 Å². The van der Waals surface area contributed by atoms with Crippen LogP contribution in [0.1, 0.15) is 80.1 Å². The molecule has 2 fully saturated rings. The number of ketones is 1. The fraction of sp³-hybridized carbons (Fsp3) is 0.840. The number of likely N-dealkylation sites (tertiary alicyclic amines) is 1. The van der Waals surface area contributed by atoms with Gasteiger partial charge in [-0.2, -0.15) is 0 Å². The first-order chi connectivity index (χ1) is 16.0. The van der Waals surface area contributed by atoms with E-state index in [1.165, 1.54) is 0 Å². The molecule has 2 aliphatic rings. The molecule has 0 aromatic rings. The molecule has 2 aliphatic heterocycles. The molecule has 2 rings (SSSR count). The molecule has 9 heteroatoms. The van der Waals surface area contributed by atoms with Crippen LogP contribution in [0.5, 0.6) is 0 Å². The average Bonchev–Trinajstić information content (AvgIpc) is 3.32. The van der Waals surface area contributed by atoms with Crippen LogP contribution in [0.3, 0.4) is 0 Å². The molecule has 0 aliphatic carbocycles. The van der Waals surface area contributed by atoms with Crippen molar-refractivity contribution < 1.29 is 23.9 Å². The number of amides is 3. The Labute approximate surface area is 204 Å². The quantitative estimate of drug-likeness (QED) is 0.325. The minimum absolute atomic E-state index is 0.110. The first kappa shape index (κ1) is 28.2. The second-order valence-electron chi connectivity index (χ2n) is 10.6. The van der Waals surface area contributed by atoms with Gasteiger partial charge in [-0.25, -0.2) is 0 Å². The Kier molecular flexibility index (Phi) is 10.5. The number of hydrogen-bond donors (Lipinski definition) is 3. The smallest absolute Gasteiger partial charge is 0.243 e. The summed E-state index contributed by atoms with van der Waals surface area (Å²) >= 11 is 0. The van der Waals surface area contributed by atoms with E-state index in [0.717, 1.165) is 19.3 Å². The number of rotatable bonds is 14. The number of nitrogens with zero attached hydrogens (tertiary/aromatic N) is 1. The lowest BCUT2D eigenvalue weighted by Crippen LogP contribution is -2.56. The van der Waals surface area contributed by atoms with Crippen LogP contribution >= 0.6 is 0 Å². The van der Waals surface area contributed by atoms with Gasteiger partial charge in [0.15, 0.2) is 5.78 Å². The molecule has 0 bridgehead atoms. The Balaban J connectivity index is 2.06. The van der Waals surface area contributed by atoms with Gasteiger partial charge in [0.1, 0.15) is 17.7 Å². The van der Waals surface area contributed by atoms with Gasteiger partial charge in [0.25, 0.3) is 0 Å². The topological polar surface area (TPSA) is 120 Å². The van der Waals surface area contributed by atoms with E-state index in [1.807, 2.05) is 34.6 Å². The summed E-state index contributed by atoms with van der Waals surface area (Å²) in [5.74, 6) is -0.697. The normalized spacial score (nSPS) is 23.6. The summed E-state index contributed by atoms with van der Waals surface area (Å²) in [6.07, 6.45) is 3.93. The monoisotopic (exact) mass is 480 g/mol. The van der Waals surface area contributed by atoms with Gasteiger partial charge in [-0.3, -0.25) is 19.2 Å². The maximum absolute atomic E-state index is 13.2. The maximum atomic E-state index is 13.2. The molecule has 0 saturated carbocycles. The molecule has 0 spiro atoms. The molecular formula is C25H44N4O5. The number of ether oxygens (including phenoxy) is 1. The van der Waals surface area contributed by atoms with E-state index in [1.54, 1.807) is 11.8 Å². The molecule has 0 aromatic heterocycles. The van der Waals surface area contributed by atoms with E-state index >= 15 is 0 Å². The van der Waals surface area contributed by atoms with Crippen molar-refractivity contribution in [2.75, 3.05) is 19.7 Å². The maximum Gasteiger partial charge on any atom is 0.243 e. The minimum atomic E-state index is -0.830. The molecular weight excluding hydrogens is 436 g/mol. The number of hydrogen-bond acceptors (Lipinski definition) is 6. The third-order valence-electron chi connectivity index (χ3n) is 6.46. The fourth-order valence-electron chi connectivity index (χ4n) is 4.27. The lowest BCUT2D eigenvalue weighted by molar-refractivity contribution is -0.139. The van der Waals surface area contributed by atoms with Gasteiger partial charge in [-0.1, -0.05) is 47.5 Å². The Morgan fingerprint density at radius 3 is 2.32 bits per heavy atom. The van der Waals surface area contributed by atoms with Crippen LogP contribution in [-0.4, -0.2) is 77.9 Å². The van der Waals surface area contributed by atoms with Crippen LogP contribution in [0, 0.1) is 5.92 Å². The molecule has 34 heavy (non-hydrogen) atoms. The molecule has 9 nitrogen and oxygen atoms in total. The highest BCUT2D eigenvalue weighted by molar-refractivity contribution is 5.98. The highest BCUT2D eigenvalue weighted by Gasteiger charge is 2.50. The van der Waals surface area contributed by atoms with E-state index in [0.29, 0.717) is 32.4 Å². The van der Waals surface area contributed by atoms with E-state index in [9.17, 15) is 19.2 Å². The Morgan fingerprint density at radius 2 is 1.76 bits per heavy atom. The number of unbranched alkanes of at least 4 members (excludes halogenated alkanes) is 1. The van der Waals surface area contributed by atoms with Crippen LogP contribution in [-0.2, 0) is 23.9 Å². The summed E-state index contributed by atoms with van der Waals surface area (Å²) in [5, 5.41) is 8.88. The molecule has 3 amide bonds. The van der Waals surface area contributed by atoms with Crippen molar-refractivity contribution in [1.82, 2.24) is 20.9 Å². The van der Waals surface area contributed by atoms with E-state index in [2.05, 4.69) is 16.0 Å². The summed E-state index contributed by atoms with van der Waals surface area (Å²) in [7, 11) is 0. The van der Waals surface area contributed by atoms with Gasteiger partial charge in [-0.15, -0.1) is 0 Å². The zero-order valence-electron chi connectivity index (χ0n) is 21.7. The number of carbonyl (C=O) groups excluding carboxylic acids is 4. The van der Waals surface area contributed by atoms with Crippen molar-refractivity contribution in [3.8, 4) is 0 Å². The third kappa shape index (κ3) is 8.05. The molecule has 194 valence electrons. The largest absolute Gasteiger partial charge is 0.361 e. The van der Waals surface area contributed by atoms with Gasteiger partial charge in [0.05, 0.1) is 19.2 Å². The predicted octanol–water partition coefficient (Wildman–Crippen LogP) is 1.54. The van der Waals surface area contributed by atoms with Crippen LogP contribution < -0.4 is 16.0 Å². The van der Waals surface area contributed by atoms with Crippen molar-refractivity contribution in [2.45, 2.75) is 110 Å². The third-order valence-corrected chi connectivity index (χ3v) is 6.46. The summed E-state index contributed by atoms with van der Waals surface area (Å²) in [5.41, 5.74) is -0.830. The van der Waals surface area contributed by atoms with Crippen LogP contribution in [0.2, 0.25) is 0 Å². The summed E-state index contributed by atoms with van der Waals surface area (Å²) < 4.78 is 5.31. The van der Waals surface area contributed by atoms with Gasteiger partial charge >= 0.3 is 0 Å². The van der Waals surface area contributed by atoms with Crippen molar-refractivity contribution in [1.29, 1.82) is 0 Å². The zero-order valence-corrected chi connectivity index (χ0v) is 21.7. The average molecular weight is 481 g/mol. The van der Waals surface area contributed by atoms with Crippen LogP contribution in [0.25, 0.3) is 0 Å². The second-order valence-corrected chi connectivity index (χ2v) is 10.6. The lowest BCUT2D eigenvalue weighted by atomic mass is 9.93. The van der Waals surface area contributed by atoms with E-state index < -0.39 is 23.7 Å². The standard InChI is InChI=1S/C25H44N4O5/c1-7-8-10-18(23(32)28-19(13-16(2)3)22(31)25(6)15-34-25)27-24(33)20-11-9-12-29(20)21(30)14-26-17(4)5/h16-20,26H,7-15H2,1-6H3,(H,27,33)(H,28,32)/t18-,19-,20-,25+/m0/s1. The fourth-order valence-corrected chi connectivity index (χ4v) is 4.27. The minimum Gasteiger partial charge on any atom is -0.361 e. The summed E-state index contributed by atoms with van der Waals surface area (Å²) in [6, 6.07) is -1.82. The molecule has 2 heterocycles. The Morgan fingerprint density at radius 1 is 1.09 bits per heavy atom. The van der Waals surface area contributed by atoms with Gasteiger partial charge in [0.2, 0.25) is 17.7 Å². The van der Waals surface area contributed by atoms with Crippen molar-refractivity contribution >= 4 is 23.5 Å². The summed E-state index contributed by atoms with van der Waals surface area (Å²) in [4.78, 5) is 53.5. The molecule has 3 N–H and O–H groups in total. The van der Waals surface area contributed by atoms with E-state index in [4.69, 9.17) is 4.74 Å². The first-order valence-electron chi connectivity index (χ1n) is 12.8. The molecule has 0 radical (unpaired) electrons. The van der Waals surface area contributed by atoms with E-state index in [-0.39, 0.29) is 42.0 Å². The van der Waals surface area contributed by atoms with Crippen molar-refractivity contribution in [3.05, 3.63) is 0 Å². The zero-order chi connectivity index (χ0) is 25.5. The number of nitrogens with one attached hydrogen (secondary N) is 3. The predicted molar refractivity (Wildman–Crippen MR) is 130 cm³/mol. The number of Topliss-reactive ketones (excluding diaryl/α,β-unsaturated/α-hetero) is 1. The molecule has 0 unspecified atom stereocenters. The molecule has 4 atom stereocenters. The van der Waals surface area contributed by atoms with Crippen molar-refractivity contribution in [2.24, 2.45) is 5.92 Å². The highest BCUT2D eigenvalue weighted by atomic mass is 16.6. The Bertz CT molecular complexity index is 735. The van der Waals surface area contributed by atoms with Gasteiger partial charge in [0, 0.05) is 12.6 Å². The summed E-state index contributed by atoms with van der Waals surface area (Å²) in [6.45, 7) is 12.8. The first-order valence-corrected chi connectivity index (χ1v) is 12.8. The number of carbonyl (C=O) groups is 4. The SMILES string of the molecule is CCCC[C@H](NC(=O)[C@@H]1CCCN1C(=O)CNC(C)C)C(=O)N[C@@H](CC(C)C)C(=O)[C@@]1(C)CO1. The second kappa shape index (κ2) is 12.6. The highest BCUT2D eigenvalue weighted by Crippen LogP contribution is 2.29. The van der Waals surface area contributed by atoms with Crippen LogP contribution in [0.15, 0.2) is 0 Å². The van der Waals surface area contributed by atoms with Crippen molar-refractivity contribution in [3.63, 3.8) is 0 Å².